The largest absolute Gasteiger partial charge is 0.478 e. The first-order valence-electron chi connectivity index (χ1n) is 8.50. The Labute approximate surface area is 167 Å². The summed E-state index contributed by atoms with van der Waals surface area (Å²) in [6, 6.07) is 17.0. The number of para-hydroxylation sites is 1. The molecule has 0 aliphatic heterocycles. The fourth-order valence-electron chi connectivity index (χ4n) is 2.72. The van der Waals surface area contributed by atoms with E-state index in [0.717, 1.165) is 29.0 Å². The van der Waals surface area contributed by atoms with Crippen LogP contribution in [-0.4, -0.2) is 38.7 Å². The van der Waals surface area contributed by atoms with Crippen LogP contribution in [0.25, 0.3) is 16.9 Å². The molecule has 0 spiro atoms. The maximum absolute atomic E-state index is 12.2. The van der Waals surface area contributed by atoms with Crippen molar-refractivity contribution in [3.05, 3.63) is 83.5 Å². The van der Waals surface area contributed by atoms with Gasteiger partial charge < -0.3 is 10.0 Å². The molecule has 0 aliphatic carbocycles. The molecule has 28 heavy (non-hydrogen) atoms. The smallest absolute Gasteiger partial charge is 0.328 e. The molecule has 3 rings (SSSR count). The second-order valence-corrected chi connectivity index (χ2v) is 6.54. The van der Waals surface area contributed by atoms with Crippen molar-refractivity contribution in [2.24, 2.45) is 0 Å². The van der Waals surface area contributed by atoms with Crippen LogP contribution in [0.15, 0.2) is 72.9 Å². The van der Waals surface area contributed by atoms with E-state index in [0.29, 0.717) is 10.7 Å². The van der Waals surface area contributed by atoms with E-state index >= 15 is 0 Å². The Morgan fingerprint density at radius 3 is 2.46 bits per heavy atom. The number of amides is 1. The number of carboxylic acid groups (broad SMARTS) is 1. The molecule has 6 nitrogen and oxygen atoms in total. The summed E-state index contributed by atoms with van der Waals surface area (Å²) in [5.74, 6) is -1.59. The van der Waals surface area contributed by atoms with Crippen LogP contribution in [0.4, 0.5) is 0 Å². The highest BCUT2D eigenvalue weighted by molar-refractivity contribution is 6.33. The zero-order valence-electron chi connectivity index (χ0n) is 15.1. The molecule has 3 aromatic rings. The number of nitrogens with zero attached hydrogens (tertiary/aromatic N) is 3. The highest BCUT2D eigenvalue weighted by atomic mass is 35.5. The van der Waals surface area contributed by atoms with Crippen LogP contribution < -0.4 is 0 Å². The van der Waals surface area contributed by atoms with Crippen LogP contribution in [-0.2, 0) is 16.1 Å². The summed E-state index contributed by atoms with van der Waals surface area (Å²) in [4.78, 5) is 24.2. The predicted octanol–water partition coefficient (Wildman–Crippen LogP) is 3.79. The van der Waals surface area contributed by atoms with Crippen LogP contribution in [0.3, 0.4) is 0 Å². The number of aromatic nitrogens is 2. The number of benzene rings is 2. The fourth-order valence-corrected chi connectivity index (χ4v) is 2.95. The summed E-state index contributed by atoms with van der Waals surface area (Å²) in [5, 5.41) is 13.9. The third-order valence-electron chi connectivity index (χ3n) is 4.09. The number of hydrogen-bond acceptors (Lipinski definition) is 3. The molecule has 0 saturated heterocycles. The Bertz CT molecular complexity index is 1030. The minimum absolute atomic E-state index is 0.246. The standard InChI is InChI=1S/C21H18ClN3O3/c1-24(19(26)11-12-20(27)28)13-15-14-25(16-7-3-2-4-8-16)23-21(15)17-9-5-6-10-18(17)22/h2-12,14H,13H2,1H3,(H,27,28)/b12-11+. The summed E-state index contributed by atoms with van der Waals surface area (Å²) in [5.41, 5.74) is 3.09. The van der Waals surface area contributed by atoms with Crippen molar-refractivity contribution < 1.29 is 14.7 Å². The molecule has 2 aromatic carbocycles. The van der Waals surface area contributed by atoms with Crippen LogP contribution in [0, 0.1) is 0 Å². The molecule has 0 fully saturated rings. The Hall–Kier alpha value is -3.38. The maximum Gasteiger partial charge on any atom is 0.328 e. The molecule has 1 heterocycles. The van der Waals surface area contributed by atoms with Crippen molar-refractivity contribution >= 4 is 23.5 Å². The summed E-state index contributed by atoms with van der Waals surface area (Å²) in [6.45, 7) is 0.246. The molecule has 0 radical (unpaired) electrons. The van der Waals surface area contributed by atoms with Gasteiger partial charge in [0.2, 0.25) is 5.91 Å². The number of hydrogen-bond donors (Lipinski definition) is 1. The van der Waals surface area contributed by atoms with Gasteiger partial charge in [-0.2, -0.15) is 5.10 Å². The summed E-state index contributed by atoms with van der Waals surface area (Å²) in [7, 11) is 1.60. The third-order valence-corrected chi connectivity index (χ3v) is 4.42. The summed E-state index contributed by atoms with van der Waals surface area (Å²) >= 11 is 6.36. The van der Waals surface area contributed by atoms with E-state index in [1.54, 1.807) is 17.8 Å². The van der Waals surface area contributed by atoms with Gasteiger partial charge in [0.15, 0.2) is 0 Å². The van der Waals surface area contributed by atoms with Crippen LogP contribution in [0.1, 0.15) is 5.56 Å². The van der Waals surface area contributed by atoms with Gasteiger partial charge in [-0.15, -0.1) is 0 Å². The van der Waals surface area contributed by atoms with E-state index in [9.17, 15) is 9.59 Å². The first-order valence-corrected chi connectivity index (χ1v) is 8.88. The number of carbonyl (C=O) groups excluding carboxylic acids is 1. The highest BCUT2D eigenvalue weighted by Gasteiger charge is 2.17. The molecule has 1 amide bonds. The van der Waals surface area contributed by atoms with Crippen molar-refractivity contribution in [3.8, 4) is 16.9 Å². The molecule has 7 heteroatoms. The van der Waals surface area contributed by atoms with E-state index in [-0.39, 0.29) is 6.54 Å². The molecular formula is C21H18ClN3O3. The predicted molar refractivity (Wildman–Crippen MR) is 107 cm³/mol. The van der Waals surface area contributed by atoms with E-state index < -0.39 is 11.9 Å². The van der Waals surface area contributed by atoms with Crippen molar-refractivity contribution in [2.45, 2.75) is 6.54 Å². The molecular weight excluding hydrogens is 378 g/mol. The van der Waals surface area contributed by atoms with Gasteiger partial charge >= 0.3 is 5.97 Å². The quantitative estimate of drug-likeness (QED) is 0.644. The van der Waals surface area contributed by atoms with Gasteiger partial charge in [-0.3, -0.25) is 4.79 Å². The van der Waals surface area contributed by atoms with Crippen molar-refractivity contribution in [3.63, 3.8) is 0 Å². The zero-order chi connectivity index (χ0) is 20.1. The Morgan fingerprint density at radius 2 is 1.79 bits per heavy atom. The van der Waals surface area contributed by atoms with E-state index in [1.165, 1.54) is 4.90 Å². The molecule has 1 aromatic heterocycles. The Morgan fingerprint density at radius 1 is 1.11 bits per heavy atom. The molecule has 0 bridgehead atoms. The van der Waals surface area contributed by atoms with Crippen molar-refractivity contribution in [1.29, 1.82) is 0 Å². The molecule has 0 aliphatic rings. The van der Waals surface area contributed by atoms with Gasteiger partial charge in [0.25, 0.3) is 0 Å². The van der Waals surface area contributed by atoms with Crippen LogP contribution >= 0.6 is 11.6 Å². The summed E-state index contributed by atoms with van der Waals surface area (Å²) < 4.78 is 1.74. The zero-order valence-corrected chi connectivity index (χ0v) is 15.9. The van der Waals surface area contributed by atoms with Crippen molar-refractivity contribution in [1.82, 2.24) is 14.7 Å². The SMILES string of the molecule is CN(Cc1cn(-c2ccccc2)nc1-c1ccccc1Cl)C(=O)/C=C/C(=O)O. The van der Waals surface area contributed by atoms with Gasteiger partial charge in [-0.1, -0.05) is 48.0 Å². The van der Waals surface area contributed by atoms with Gasteiger partial charge in [0, 0.05) is 43.1 Å². The lowest BCUT2D eigenvalue weighted by Crippen LogP contribution is -2.24. The van der Waals surface area contributed by atoms with Crippen LogP contribution in [0.5, 0.6) is 0 Å². The average molecular weight is 396 g/mol. The van der Waals surface area contributed by atoms with Gasteiger partial charge in [0.1, 0.15) is 0 Å². The Balaban J connectivity index is 1.99. The maximum atomic E-state index is 12.2. The lowest BCUT2D eigenvalue weighted by Gasteiger charge is -2.15. The van der Waals surface area contributed by atoms with Gasteiger partial charge in [-0.25, -0.2) is 9.48 Å². The fraction of sp³-hybridized carbons (Fsp3) is 0.0952. The number of aliphatic carboxylic acids is 1. The first kappa shape index (κ1) is 19.4. The molecule has 0 atom stereocenters. The highest BCUT2D eigenvalue weighted by Crippen LogP contribution is 2.30. The van der Waals surface area contributed by atoms with Gasteiger partial charge in [0.05, 0.1) is 16.4 Å². The molecule has 0 unspecified atom stereocenters. The Kier molecular flexibility index (Phi) is 5.91. The third kappa shape index (κ3) is 4.47. The molecule has 0 saturated carbocycles. The van der Waals surface area contributed by atoms with E-state index in [1.807, 2.05) is 54.7 Å². The van der Waals surface area contributed by atoms with Gasteiger partial charge in [-0.05, 0) is 18.2 Å². The van der Waals surface area contributed by atoms with E-state index in [4.69, 9.17) is 16.7 Å². The molecule has 142 valence electrons. The normalized spacial score (nSPS) is 10.9. The van der Waals surface area contributed by atoms with Crippen molar-refractivity contribution in [2.75, 3.05) is 7.05 Å². The average Bonchev–Trinajstić information content (AvgIpc) is 3.10. The number of carbonyl (C=O) groups is 2. The van der Waals surface area contributed by atoms with Crippen LogP contribution in [0.2, 0.25) is 5.02 Å². The first-order chi connectivity index (χ1) is 13.5. The minimum atomic E-state index is -1.17. The number of halogens is 1. The summed E-state index contributed by atoms with van der Waals surface area (Å²) in [6.07, 6.45) is 3.69. The number of carboxylic acids is 1. The number of rotatable bonds is 6. The lowest BCUT2D eigenvalue weighted by molar-refractivity contribution is -0.132. The topological polar surface area (TPSA) is 75.4 Å². The second kappa shape index (κ2) is 8.54. The second-order valence-electron chi connectivity index (χ2n) is 6.13. The minimum Gasteiger partial charge on any atom is -0.478 e. The monoisotopic (exact) mass is 395 g/mol. The number of likely N-dealkylation sites (N-methyl/N-ethyl adjacent to an activating group) is 1. The molecule has 1 N–H and O–H groups in total. The van der Waals surface area contributed by atoms with E-state index in [2.05, 4.69) is 5.10 Å². The lowest BCUT2D eigenvalue weighted by atomic mass is 10.1.